The van der Waals surface area contributed by atoms with E-state index in [4.69, 9.17) is 4.74 Å². The highest BCUT2D eigenvalue weighted by Crippen LogP contribution is 2.21. The lowest BCUT2D eigenvalue weighted by Gasteiger charge is -2.31. The third kappa shape index (κ3) is 5.08. The fourth-order valence-electron chi connectivity index (χ4n) is 2.92. The fourth-order valence-corrected chi connectivity index (χ4v) is 2.92. The Kier molecular flexibility index (Phi) is 6.63. The molecule has 2 rings (SSSR count). The number of likely N-dealkylation sites (tertiary alicyclic amines) is 1. The number of hydrogen-bond acceptors (Lipinski definition) is 3. The maximum absolute atomic E-state index is 12.5. The van der Waals surface area contributed by atoms with Gasteiger partial charge in [-0.1, -0.05) is 37.5 Å². The summed E-state index contributed by atoms with van der Waals surface area (Å²) in [7, 11) is 0. The number of carbonyl (C=O) groups excluding carboxylic acids is 2. The van der Waals surface area contributed by atoms with Crippen LogP contribution in [0, 0.1) is 12.8 Å². The number of hydrogen-bond donors (Lipinski definition) is 0. The van der Waals surface area contributed by atoms with Crippen LogP contribution in [0.2, 0.25) is 0 Å². The molecule has 0 aliphatic carbocycles. The summed E-state index contributed by atoms with van der Waals surface area (Å²) in [6, 6.07) is 7.65. The Bertz CT molecular complexity index is 533. The average Bonchev–Trinajstić information content (AvgIpc) is 2.58. The van der Waals surface area contributed by atoms with Gasteiger partial charge < -0.3 is 9.64 Å². The molecule has 4 nitrogen and oxygen atoms in total. The fraction of sp³-hybridized carbons (Fsp3) is 0.579. The predicted molar refractivity (Wildman–Crippen MR) is 90.3 cm³/mol. The number of piperidine rings is 1. The third-order valence-electron chi connectivity index (χ3n) is 4.37. The molecule has 4 heteroatoms. The van der Waals surface area contributed by atoms with Gasteiger partial charge in [-0.25, -0.2) is 0 Å². The first-order chi connectivity index (χ1) is 11.1. The highest BCUT2D eigenvalue weighted by atomic mass is 16.5. The normalized spacial score (nSPS) is 15.5. The molecule has 1 aliphatic heterocycles. The van der Waals surface area contributed by atoms with Crippen LogP contribution in [0.15, 0.2) is 24.3 Å². The molecular weight excluding hydrogens is 290 g/mol. The van der Waals surface area contributed by atoms with Gasteiger partial charge >= 0.3 is 5.97 Å². The molecule has 0 aromatic heterocycles. The van der Waals surface area contributed by atoms with Crippen LogP contribution in [0.5, 0.6) is 0 Å². The molecule has 0 radical (unpaired) electrons. The Hall–Kier alpha value is -1.84. The lowest BCUT2D eigenvalue weighted by Crippen LogP contribution is -2.40. The molecular formula is C19H27NO3. The van der Waals surface area contributed by atoms with Gasteiger partial charge in [-0.15, -0.1) is 0 Å². The van der Waals surface area contributed by atoms with Crippen LogP contribution in [0.3, 0.4) is 0 Å². The molecule has 0 unspecified atom stereocenters. The number of nitrogens with zero attached hydrogens (tertiary/aromatic N) is 1. The molecule has 0 spiro atoms. The number of unbranched alkanes of at least 4 members (excludes halogenated alkanes) is 2. The zero-order valence-corrected chi connectivity index (χ0v) is 14.2. The van der Waals surface area contributed by atoms with E-state index in [1.807, 2.05) is 36.1 Å². The zero-order chi connectivity index (χ0) is 16.7. The lowest BCUT2D eigenvalue weighted by molar-refractivity contribution is -0.150. The number of aryl methyl sites for hydroxylation is 1. The highest BCUT2D eigenvalue weighted by Gasteiger charge is 2.28. The van der Waals surface area contributed by atoms with Crippen molar-refractivity contribution in [3.63, 3.8) is 0 Å². The van der Waals surface area contributed by atoms with E-state index in [9.17, 15) is 9.59 Å². The van der Waals surface area contributed by atoms with Gasteiger partial charge in [0.15, 0.2) is 0 Å². The topological polar surface area (TPSA) is 46.6 Å². The lowest BCUT2D eigenvalue weighted by atomic mass is 9.96. The van der Waals surface area contributed by atoms with Crippen molar-refractivity contribution in [2.75, 3.05) is 19.7 Å². The second-order valence-corrected chi connectivity index (χ2v) is 6.31. The van der Waals surface area contributed by atoms with Crippen LogP contribution >= 0.6 is 0 Å². The summed E-state index contributed by atoms with van der Waals surface area (Å²) in [5.74, 6) is -0.0922. The van der Waals surface area contributed by atoms with E-state index in [1.54, 1.807) is 0 Å². The molecule has 1 aromatic carbocycles. The highest BCUT2D eigenvalue weighted by molar-refractivity contribution is 5.94. The second-order valence-electron chi connectivity index (χ2n) is 6.31. The predicted octanol–water partition coefficient (Wildman–Crippen LogP) is 3.58. The Morgan fingerprint density at radius 3 is 2.61 bits per heavy atom. The Morgan fingerprint density at radius 1 is 1.22 bits per heavy atom. The molecule has 1 fully saturated rings. The minimum Gasteiger partial charge on any atom is -0.465 e. The summed E-state index contributed by atoms with van der Waals surface area (Å²) in [5.41, 5.74) is 1.81. The van der Waals surface area contributed by atoms with Crippen LogP contribution < -0.4 is 0 Å². The van der Waals surface area contributed by atoms with E-state index < -0.39 is 0 Å². The number of esters is 1. The summed E-state index contributed by atoms with van der Waals surface area (Å²) < 4.78 is 5.34. The molecule has 0 atom stereocenters. The number of carbonyl (C=O) groups is 2. The standard InChI is InChI=1S/C19H27NO3/c1-3-4-5-13-23-19(22)16-9-11-20(12-10-16)18(21)17-8-6-7-15(2)14-17/h6-8,14,16H,3-5,9-13H2,1-2H3. The van der Waals surface area contributed by atoms with Crippen molar-refractivity contribution in [1.82, 2.24) is 4.90 Å². The first-order valence-corrected chi connectivity index (χ1v) is 8.64. The molecule has 126 valence electrons. The van der Waals surface area contributed by atoms with Crippen molar-refractivity contribution in [3.05, 3.63) is 35.4 Å². The van der Waals surface area contributed by atoms with Gasteiger partial charge in [0.05, 0.1) is 12.5 Å². The van der Waals surface area contributed by atoms with Crippen LogP contribution in [-0.2, 0) is 9.53 Å². The van der Waals surface area contributed by atoms with Crippen molar-refractivity contribution in [3.8, 4) is 0 Å². The van der Waals surface area contributed by atoms with Crippen LogP contribution in [0.25, 0.3) is 0 Å². The van der Waals surface area contributed by atoms with Crippen molar-refractivity contribution >= 4 is 11.9 Å². The Balaban J connectivity index is 1.79. The van der Waals surface area contributed by atoms with Gasteiger partial charge in [-0.2, -0.15) is 0 Å². The maximum atomic E-state index is 12.5. The van der Waals surface area contributed by atoms with Crippen LogP contribution in [0.1, 0.15) is 54.9 Å². The summed E-state index contributed by atoms with van der Waals surface area (Å²) >= 11 is 0. The molecule has 0 bridgehead atoms. The van der Waals surface area contributed by atoms with E-state index >= 15 is 0 Å². The summed E-state index contributed by atoms with van der Waals surface area (Å²) in [4.78, 5) is 26.4. The Morgan fingerprint density at radius 2 is 1.96 bits per heavy atom. The van der Waals surface area contributed by atoms with E-state index in [1.165, 1.54) is 0 Å². The first kappa shape index (κ1) is 17.5. The monoisotopic (exact) mass is 317 g/mol. The first-order valence-electron chi connectivity index (χ1n) is 8.64. The van der Waals surface area contributed by atoms with Gasteiger partial charge in [-0.3, -0.25) is 9.59 Å². The number of rotatable bonds is 6. The molecule has 1 aliphatic rings. The van der Waals surface area contributed by atoms with E-state index in [2.05, 4.69) is 6.92 Å². The van der Waals surface area contributed by atoms with Gasteiger partial charge in [0.25, 0.3) is 5.91 Å². The van der Waals surface area contributed by atoms with Crippen molar-refractivity contribution in [2.24, 2.45) is 5.92 Å². The number of benzene rings is 1. The maximum Gasteiger partial charge on any atom is 0.309 e. The molecule has 1 aromatic rings. The minimum absolute atomic E-state index is 0.0572. The van der Waals surface area contributed by atoms with Crippen molar-refractivity contribution in [2.45, 2.75) is 46.0 Å². The molecule has 23 heavy (non-hydrogen) atoms. The number of amides is 1. The quantitative estimate of drug-likeness (QED) is 0.595. The van der Waals surface area contributed by atoms with E-state index in [0.717, 1.165) is 30.4 Å². The minimum atomic E-state index is -0.0937. The largest absolute Gasteiger partial charge is 0.465 e. The molecule has 1 saturated heterocycles. The van der Waals surface area contributed by atoms with E-state index in [-0.39, 0.29) is 17.8 Å². The van der Waals surface area contributed by atoms with Gasteiger partial charge in [0.1, 0.15) is 0 Å². The Labute approximate surface area is 138 Å². The summed E-state index contributed by atoms with van der Waals surface area (Å²) in [5, 5.41) is 0. The van der Waals surface area contributed by atoms with Crippen LogP contribution in [-0.4, -0.2) is 36.5 Å². The smallest absolute Gasteiger partial charge is 0.309 e. The summed E-state index contributed by atoms with van der Waals surface area (Å²) in [6.45, 7) is 5.89. The van der Waals surface area contributed by atoms with Crippen molar-refractivity contribution in [1.29, 1.82) is 0 Å². The van der Waals surface area contributed by atoms with Gasteiger partial charge in [0.2, 0.25) is 0 Å². The SMILES string of the molecule is CCCCCOC(=O)C1CCN(C(=O)c2cccc(C)c2)CC1. The second kappa shape index (κ2) is 8.70. The van der Waals surface area contributed by atoms with Gasteiger partial charge in [0, 0.05) is 18.7 Å². The van der Waals surface area contributed by atoms with Crippen molar-refractivity contribution < 1.29 is 14.3 Å². The molecule has 1 amide bonds. The summed E-state index contributed by atoms with van der Waals surface area (Å²) in [6.07, 6.45) is 4.55. The zero-order valence-electron chi connectivity index (χ0n) is 14.2. The van der Waals surface area contributed by atoms with E-state index in [0.29, 0.717) is 32.5 Å². The van der Waals surface area contributed by atoms with Crippen LogP contribution in [0.4, 0.5) is 0 Å². The number of ether oxygens (including phenoxy) is 1. The third-order valence-corrected chi connectivity index (χ3v) is 4.37. The molecule has 0 N–H and O–H groups in total. The average molecular weight is 317 g/mol. The van der Waals surface area contributed by atoms with Gasteiger partial charge in [-0.05, 0) is 38.3 Å². The molecule has 1 heterocycles. The molecule has 0 saturated carbocycles.